The molecule has 1 aliphatic rings. The summed E-state index contributed by atoms with van der Waals surface area (Å²) in [5.74, 6) is -0.162. The van der Waals surface area contributed by atoms with E-state index in [0.29, 0.717) is 16.6 Å². The van der Waals surface area contributed by atoms with E-state index in [4.69, 9.17) is 21.1 Å². The standard InChI is InChI=1S/C20H20BrClFNO3/c1-19(2,3)27-18(25)24-11-20(12-7-5-4-6-8-12)10-13-15(26-20)9-14(23)17(22)16(13)21/h4-9H,10-11H2,1-3H3,(H,24,25)/t20-/m1/s1. The molecule has 1 aliphatic heterocycles. The number of carbonyl (C=O) groups excluding carboxylic acids is 1. The predicted molar refractivity (Wildman–Crippen MR) is 106 cm³/mol. The second-order valence-corrected chi connectivity index (χ2v) is 8.63. The molecule has 0 unspecified atom stereocenters. The van der Waals surface area contributed by atoms with Gasteiger partial charge in [0.15, 0.2) is 5.60 Å². The van der Waals surface area contributed by atoms with Gasteiger partial charge in [-0.2, -0.15) is 0 Å². The van der Waals surface area contributed by atoms with Crippen LogP contribution in [0.3, 0.4) is 0 Å². The Kier molecular flexibility index (Phi) is 5.41. The van der Waals surface area contributed by atoms with Gasteiger partial charge in [-0.25, -0.2) is 9.18 Å². The van der Waals surface area contributed by atoms with Crippen molar-refractivity contribution in [3.8, 4) is 5.75 Å². The summed E-state index contributed by atoms with van der Waals surface area (Å²) in [6.07, 6.45) is -0.122. The fraction of sp³-hybridized carbons (Fsp3) is 0.350. The van der Waals surface area contributed by atoms with Crippen molar-refractivity contribution in [2.45, 2.75) is 38.4 Å². The maximum absolute atomic E-state index is 14.1. The molecule has 0 radical (unpaired) electrons. The van der Waals surface area contributed by atoms with Crippen molar-refractivity contribution in [2.24, 2.45) is 0 Å². The Bertz CT molecular complexity index is 870. The van der Waals surface area contributed by atoms with E-state index in [1.807, 2.05) is 30.3 Å². The maximum Gasteiger partial charge on any atom is 0.407 e. The number of nitrogens with one attached hydrogen (secondary N) is 1. The van der Waals surface area contributed by atoms with E-state index in [9.17, 15) is 9.18 Å². The molecular formula is C20H20BrClFNO3. The summed E-state index contributed by atoms with van der Waals surface area (Å²) >= 11 is 9.40. The quantitative estimate of drug-likeness (QED) is 0.612. The van der Waals surface area contributed by atoms with Gasteiger partial charge in [-0.15, -0.1) is 0 Å². The molecule has 1 N–H and O–H groups in total. The average Bonchev–Trinajstić information content (AvgIpc) is 2.97. The van der Waals surface area contributed by atoms with Crippen molar-refractivity contribution in [1.29, 1.82) is 0 Å². The van der Waals surface area contributed by atoms with Crippen molar-refractivity contribution in [3.63, 3.8) is 0 Å². The van der Waals surface area contributed by atoms with E-state index in [-0.39, 0.29) is 11.6 Å². The summed E-state index contributed by atoms with van der Waals surface area (Å²) < 4.78 is 26.0. The van der Waals surface area contributed by atoms with Crippen LogP contribution in [0.25, 0.3) is 0 Å². The van der Waals surface area contributed by atoms with E-state index < -0.39 is 23.1 Å². The Morgan fingerprint density at radius 3 is 2.67 bits per heavy atom. The van der Waals surface area contributed by atoms with Gasteiger partial charge in [0.05, 0.1) is 11.6 Å². The minimum Gasteiger partial charge on any atom is -0.480 e. The fourth-order valence-corrected chi connectivity index (χ4v) is 3.73. The largest absolute Gasteiger partial charge is 0.480 e. The van der Waals surface area contributed by atoms with Crippen molar-refractivity contribution in [3.05, 3.63) is 62.8 Å². The molecule has 0 saturated heterocycles. The molecule has 2 aromatic rings. The number of ether oxygens (including phenoxy) is 2. The molecule has 1 atom stereocenters. The molecule has 1 heterocycles. The first-order valence-corrected chi connectivity index (χ1v) is 9.66. The second-order valence-electron chi connectivity index (χ2n) is 7.46. The number of benzene rings is 2. The van der Waals surface area contributed by atoms with Gasteiger partial charge < -0.3 is 14.8 Å². The van der Waals surface area contributed by atoms with Crippen LogP contribution >= 0.6 is 27.5 Å². The zero-order chi connectivity index (χ0) is 19.8. The summed E-state index contributed by atoms with van der Waals surface area (Å²) in [6, 6.07) is 10.8. The molecule has 3 rings (SSSR count). The summed E-state index contributed by atoms with van der Waals surface area (Å²) in [5, 5.41) is 2.79. The smallest absolute Gasteiger partial charge is 0.407 e. The van der Waals surface area contributed by atoms with E-state index in [1.54, 1.807) is 20.8 Å². The fourth-order valence-electron chi connectivity index (χ4n) is 3.03. The van der Waals surface area contributed by atoms with E-state index in [2.05, 4.69) is 21.2 Å². The van der Waals surface area contributed by atoms with Crippen LogP contribution in [0.15, 0.2) is 40.9 Å². The van der Waals surface area contributed by atoms with Crippen molar-refractivity contribution < 1.29 is 18.7 Å². The highest BCUT2D eigenvalue weighted by molar-refractivity contribution is 9.10. The highest BCUT2D eigenvalue weighted by atomic mass is 79.9. The summed E-state index contributed by atoms with van der Waals surface area (Å²) in [7, 11) is 0. The Morgan fingerprint density at radius 2 is 2.04 bits per heavy atom. The third-order valence-corrected chi connectivity index (χ3v) is 5.68. The van der Waals surface area contributed by atoms with Crippen molar-refractivity contribution >= 4 is 33.6 Å². The number of halogens is 3. The van der Waals surface area contributed by atoms with Gasteiger partial charge in [0.25, 0.3) is 0 Å². The first-order valence-electron chi connectivity index (χ1n) is 8.49. The third kappa shape index (κ3) is 4.22. The molecule has 0 bridgehead atoms. The third-order valence-electron chi connectivity index (χ3n) is 4.21. The molecule has 4 nitrogen and oxygen atoms in total. The lowest BCUT2D eigenvalue weighted by molar-refractivity contribution is 0.0414. The minimum atomic E-state index is -0.889. The SMILES string of the molecule is CC(C)(C)OC(=O)NC[C@@]1(c2ccccc2)Cc2c(cc(F)c(Cl)c2Br)O1. The first kappa shape index (κ1) is 20.0. The number of hydrogen-bond acceptors (Lipinski definition) is 3. The average molecular weight is 457 g/mol. The normalized spacial score (nSPS) is 18.6. The number of carbonyl (C=O) groups is 1. The van der Waals surface area contributed by atoms with Crippen LogP contribution in [0.5, 0.6) is 5.75 Å². The number of alkyl carbamates (subject to hydrolysis) is 1. The molecule has 144 valence electrons. The molecule has 1 amide bonds. The number of rotatable bonds is 3. The number of fused-ring (bicyclic) bond motifs is 1. The topological polar surface area (TPSA) is 47.6 Å². The Labute approximate surface area is 171 Å². The van der Waals surface area contributed by atoms with Crippen LogP contribution in [0.1, 0.15) is 31.9 Å². The predicted octanol–water partition coefficient (Wildman–Crippen LogP) is 5.60. The van der Waals surface area contributed by atoms with Gasteiger partial charge in [-0.05, 0) is 42.3 Å². The Morgan fingerprint density at radius 1 is 1.37 bits per heavy atom. The molecule has 7 heteroatoms. The van der Waals surface area contributed by atoms with Crippen LogP contribution in [0.2, 0.25) is 5.02 Å². The van der Waals surface area contributed by atoms with E-state index >= 15 is 0 Å². The highest BCUT2D eigenvalue weighted by Gasteiger charge is 2.43. The summed E-state index contributed by atoms with van der Waals surface area (Å²) in [5.41, 5.74) is 0.125. The molecule has 2 aromatic carbocycles. The van der Waals surface area contributed by atoms with Crippen LogP contribution in [0, 0.1) is 5.82 Å². The van der Waals surface area contributed by atoms with Gasteiger partial charge in [0.1, 0.15) is 17.2 Å². The lowest BCUT2D eigenvalue weighted by atomic mass is 9.89. The maximum atomic E-state index is 14.1. The van der Waals surface area contributed by atoms with Gasteiger partial charge >= 0.3 is 6.09 Å². The van der Waals surface area contributed by atoms with E-state index in [1.165, 1.54) is 6.07 Å². The van der Waals surface area contributed by atoms with Crippen LogP contribution in [-0.2, 0) is 16.8 Å². The monoisotopic (exact) mass is 455 g/mol. The molecular weight excluding hydrogens is 437 g/mol. The van der Waals surface area contributed by atoms with Crippen LogP contribution in [0.4, 0.5) is 9.18 Å². The zero-order valence-electron chi connectivity index (χ0n) is 15.2. The zero-order valence-corrected chi connectivity index (χ0v) is 17.6. The highest BCUT2D eigenvalue weighted by Crippen LogP contribution is 2.47. The Balaban J connectivity index is 1.92. The lowest BCUT2D eigenvalue weighted by Gasteiger charge is -2.30. The van der Waals surface area contributed by atoms with E-state index in [0.717, 1.165) is 11.1 Å². The van der Waals surface area contributed by atoms with Gasteiger partial charge in [-0.1, -0.05) is 41.9 Å². The molecule has 0 spiro atoms. The summed E-state index contributed by atoms with van der Waals surface area (Å²) in [6.45, 7) is 5.54. The van der Waals surface area contributed by atoms with Gasteiger partial charge in [0.2, 0.25) is 0 Å². The minimum absolute atomic E-state index is 0.0151. The number of hydrogen-bond donors (Lipinski definition) is 1. The van der Waals surface area contributed by atoms with Crippen LogP contribution < -0.4 is 10.1 Å². The van der Waals surface area contributed by atoms with Crippen molar-refractivity contribution in [2.75, 3.05) is 6.54 Å². The van der Waals surface area contributed by atoms with Gasteiger partial charge in [-0.3, -0.25) is 0 Å². The molecule has 0 aliphatic carbocycles. The summed E-state index contributed by atoms with van der Waals surface area (Å²) in [4.78, 5) is 12.2. The molecule has 27 heavy (non-hydrogen) atoms. The Hall–Kier alpha value is -1.79. The molecule has 0 saturated carbocycles. The molecule has 0 fully saturated rings. The molecule has 0 aromatic heterocycles. The second kappa shape index (κ2) is 7.32. The lowest BCUT2D eigenvalue weighted by Crippen LogP contribution is -2.45. The first-order chi connectivity index (χ1) is 12.6. The van der Waals surface area contributed by atoms with Gasteiger partial charge in [0, 0.05) is 22.5 Å². The van der Waals surface area contributed by atoms with Crippen molar-refractivity contribution in [1.82, 2.24) is 5.32 Å². The van der Waals surface area contributed by atoms with Crippen LogP contribution in [-0.4, -0.2) is 18.2 Å². The number of amides is 1.